The predicted molar refractivity (Wildman–Crippen MR) is 66.9 cm³/mol. The van der Waals surface area contributed by atoms with Crippen LogP contribution in [0.5, 0.6) is 0 Å². The molecule has 1 aliphatic carbocycles. The molecule has 2 nitrogen and oxygen atoms in total. The molecular weight excluding hydrogens is 220 g/mol. The molecule has 3 heteroatoms. The Morgan fingerprint density at radius 1 is 1.62 bits per heavy atom. The molecule has 2 rings (SSSR count). The maximum Gasteiger partial charge on any atom is 0.0676 e. The zero-order valence-electron chi connectivity index (χ0n) is 9.82. The summed E-state index contributed by atoms with van der Waals surface area (Å²) >= 11 is 1.77. The Bertz CT molecular complexity index is 310. The van der Waals surface area contributed by atoms with Crippen LogP contribution >= 0.6 is 11.3 Å². The lowest BCUT2D eigenvalue weighted by atomic mass is 9.80. The van der Waals surface area contributed by atoms with Crippen molar-refractivity contribution >= 4 is 11.3 Å². The van der Waals surface area contributed by atoms with Gasteiger partial charge in [0, 0.05) is 18.4 Å². The number of aryl methyl sites for hydroxylation is 1. The number of hydrogen-bond donors (Lipinski definition) is 1. The maximum atomic E-state index is 10.5. The average molecular weight is 240 g/mol. The number of ether oxygens (including phenoxy) is 1. The van der Waals surface area contributed by atoms with Gasteiger partial charge in [-0.2, -0.15) is 0 Å². The Labute approximate surface area is 101 Å². The fraction of sp³-hybridized carbons (Fsp3) is 0.692. The van der Waals surface area contributed by atoms with Gasteiger partial charge in [0.1, 0.15) is 0 Å². The number of rotatable bonds is 4. The second-order valence-electron chi connectivity index (χ2n) is 4.76. The molecule has 0 aromatic carbocycles. The quantitative estimate of drug-likeness (QED) is 0.876. The lowest BCUT2D eigenvalue weighted by molar-refractivity contribution is -0.0629. The van der Waals surface area contributed by atoms with E-state index in [1.165, 1.54) is 4.88 Å². The summed E-state index contributed by atoms with van der Waals surface area (Å²) in [6, 6.07) is 4.22. The molecule has 1 aromatic heterocycles. The summed E-state index contributed by atoms with van der Waals surface area (Å²) in [6.45, 7) is 0. The van der Waals surface area contributed by atoms with Gasteiger partial charge in [-0.15, -0.1) is 11.3 Å². The average Bonchev–Trinajstić information content (AvgIpc) is 2.79. The molecule has 1 aromatic rings. The highest BCUT2D eigenvalue weighted by Crippen LogP contribution is 2.33. The van der Waals surface area contributed by atoms with Crippen molar-refractivity contribution in [3.8, 4) is 0 Å². The second-order valence-corrected chi connectivity index (χ2v) is 5.79. The summed E-state index contributed by atoms with van der Waals surface area (Å²) in [5, 5.41) is 12.6. The van der Waals surface area contributed by atoms with E-state index in [0.717, 1.165) is 38.5 Å². The molecule has 2 unspecified atom stereocenters. The number of methoxy groups -OCH3 is 1. The molecule has 90 valence electrons. The van der Waals surface area contributed by atoms with Crippen LogP contribution in [0.1, 0.15) is 37.0 Å². The summed E-state index contributed by atoms with van der Waals surface area (Å²) in [5.41, 5.74) is -0.497. The van der Waals surface area contributed by atoms with E-state index >= 15 is 0 Å². The van der Waals surface area contributed by atoms with Crippen LogP contribution in [0, 0.1) is 0 Å². The van der Waals surface area contributed by atoms with Gasteiger partial charge >= 0.3 is 0 Å². The highest BCUT2D eigenvalue weighted by atomic mass is 32.1. The first-order valence-corrected chi connectivity index (χ1v) is 6.87. The van der Waals surface area contributed by atoms with Crippen LogP contribution in [-0.2, 0) is 11.2 Å². The van der Waals surface area contributed by atoms with Gasteiger partial charge in [0.05, 0.1) is 11.7 Å². The van der Waals surface area contributed by atoms with Gasteiger partial charge in [-0.3, -0.25) is 0 Å². The fourth-order valence-corrected chi connectivity index (χ4v) is 3.23. The van der Waals surface area contributed by atoms with Gasteiger partial charge in [0.15, 0.2) is 0 Å². The van der Waals surface area contributed by atoms with E-state index in [0.29, 0.717) is 0 Å². The molecule has 0 bridgehead atoms. The van der Waals surface area contributed by atoms with Gasteiger partial charge in [-0.1, -0.05) is 6.07 Å². The van der Waals surface area contributed by atoms with Crippen molar-refractivity contribution < 1.29 is 9.84 Å². The van der Waals surface area contributed by atoms with E-state index < -0.39 is 5.60 Å². The molecule has 0 spiro atoms. The van der Waals surface area contributed by atoms with Crippen LogP contribution in [0.15, 0.2) is 17.5 Å². The summed E-state index contributed by atoms with van der Waals surface area (Å²) in [7, 11) is 1.75. The Kier molecular flexibility index (Phi) is 4.00. The molecule has 16 heavy (non-hydrogen) atoms. The predicted octanol–water partition coefficient (Wildman–Crippen LogP) is 3.00. The number of hydrogen-bond acceptors (Lipinski definition) is 3. The Balaban J connectivity index is 1.87. The zero-order valence-corrected chi connectivity index (χ0v) is 10.6. The van der Waals surface area contributed by atoms with Crippen LogP contribution in [0.2, 0.25) is 0 Å². The molecule has 1 N–H and O–H groups in total. The molecule has 0 radical (unpaired) electrons. The van der Waals surface area contributed by atoms with Crippen molar-refractivity contribution in [3.63, 3.8) is 0 Å². The largest absolute Gasteiger partial charge is 0.390 e. The van der Waals surface area contributed by atoms with Crippen molar-refractivity contribution in [1.29, 1.82) is 0 Å². The summed E-state index contributed by atoms with van der Waals surface area (Å²) in [4.78, 5) is 1.37. The molecule has 1 heterocycles. The maximum absolute atomic E-state index is 10.5. The molecule has 0 aliphatic heterocycles. The highest BCUT2D eigenvalue weighted by molar-refractivity contribution is 7.09. The molecule has 1 fully saturated rings. The van der Waals surface area contributed by atoms with E-state index in [-0.39, 0.29) is 6.10 Å². The van der Waals surface area contributed by atoms with Gasteiger partial charge in [0.25, 0.3) is 0 Å². The molecule has 1 aliphatic rings. The van der Waals surface area contributed by atoms with Gasteiger partial charge < -0.3 is 9.84 Å². The van der Waals surface area contributed by atoms with Crippen molar-refractivity contribution in [2.75, 3.05) is 7.11 Å². The standard InChI is InChI=1S/C13H20O2S/c1-15-11-4-2-7-13(14,10-11)8-6-12-5-3-9-16-12/h3,5,9,11,14H,2,4,6-8,10H2,1H3. The van der Waals surface area contributed by atoms with Gasteiger partial charge in [0.2, 0.25) is 0 Å². The molecular formula is C13H20O2S. The smallest absolute Gasteiger partial charge is 0.0676 e. The van der Waals surface area contributed by atoms with Crippen LogP contribution in [-0.4, -0.2) is 23.9 Å². The first kappa shape index (κ1) is 12.1. The fourth-order valence-electron chi connectivity index (χ4n) is 2.53. The normalized spacial score (nSPS) is 30.5. The third-order valence-electron chi connectivity index (χ3n) is 3.53. The number of thiophene rings is 1. The van der Waals surface area contributed by atoms with Crippen molar-refractivity contribution in [1.82, 2.24) is 0 Å². The highest BCUT2D eigenvalue weighted by Gasteiger charge is 2.33. The van der Waals surface area contributed by atoms with E-state index in [2.05, 4.69) is 17.5 Å². The third kappa shape index (κ3) is 3.06. The summed E-state index contributed by atoms with van der Waals surface area (Å²) < 4.78 is 5.37. The minimum atomic E-state index is -0.497. The lowest BCUT2D eigenvalue weighted by Crippen LogP contribution is -2.38. The van der Waals surface area contributed by atoms with E-state index in [9.17, 15) is 5.11 Å². The number of aliphatic hydroxyl groups is 1. The van der Waals surface area contributed by atoms with E-state index in [1.807, 2.05) is 0 Å². The Hall–Kier alpha value is -0.380. The van der Waals surface area contributed by atoms with Crippen LogP contribution < -0.4 is 0 Å². The Morgan fingerprint density at radius 2 is 2.50 bits per heavy atom. The van der Waals surface area contributed by atoms with Crippen LogP contribution in [0.4, 0.5) is 0 Å². The SMILES string of the molecule is COC1CCCC(O)(CCc2cccs2)C1. The summed E-state index contributed by atoms with van der Waals surface area (Å²) in [6.07, 6.45) is 6.02. The van der Waals surface area contributed by atoms with E-state index in [1.54, 1.807) is 18.4 Å². The van der Waals surface area contributed by atoms with E-state index in [4.69, 9.17) is 4.74 Å². The Morgan fingerprint density at radius 3 is 3.19 bits per heavy atom. The van der Waals surface area contributed by atoms with Gasteiger partial charge in [-0.05, 0) is 43.6 Å². The summed E-state index contributed by atoms with van der Waals surface area (Å²) in [5.74, 6) is 0. The van der Waals surface area contributed by atoms with Crippen LogP contribution in [0.3, 0.4) is 0 Å². The second kappa shape index (κ2) is 5.30. The first-order chi connectivity index (χ1) is 7.72. The van der Waals surface area contributed by atoms with Crippen molar-refractivity contribution in [2.45, 2.75) is 50.2 Å². The molecule has 0 amide bonds. The zero-order chi connectivity index (χ0) is 11.4. The lowest BCUT2D eigenvalue weighted by Gasteiger charge is -2.36. The monoisotopic (exact) mass is 240 g/mol. The van der Waals surface area contributed by atoms with Crippen molar-refractivity contribution in [3.05, 3.63) is 22.4 Å². The topological polar surface area (TPSA) is 29.5 Å². The van der Waals surface area contributed by atoms with Crippen LogP contribution in [0.25, 0.3) is 0 Å². The minimum Gasteiger partial charge on any atom is -0.390 e. The first-order valence-electron chi connectivity index (χ1n) is 5.99. The third-order valence-corrected chi connectivity index (χ3v) is 4.46. The minimum absolute atomic E-state index is 0.252. The molecule has 0 saturated heterocycles. The molecule has 2 atom stereocenters. The van der Waals surface area contributed by atoms with Gasteiger partial charge in [-0.25, -0.2) is 0 Å². The van der Waals surface area contributed by atoms with Crippen molar-refractivity contribution in [2.24, 2.45) is 0 Å². The molecule has 1 saturated carbocycles.